The Morgan fingerprint density at radius 1 is 1.38 bits per heavy atom. The lowest BCUT2D eigenvalue weighted by atomic mass is 10.0. The summed E-state index contributed by atoms with van der Waals surface area (Å²) in [5, 5.41) is 0.631. The van der Waals surface area contributed by atoms with Crippen molar-refractivity contribution < 1.29 is 18.3 Å². The normalized spacial score (nSPS) is 18.0. The molecule has 0 radical (unpaired) electrons. The molecule has 1 aromatic heterocycles. The van der Waals surface area contributed by atoms with Gasteiger partial charge in [-0.25, -0.2) is 13.8 Å². The molecule has 1 aliphatic rings. The van der Waals surface area contributed by atoms with E-state index in [4.69, 9.17) is 27.9 Å². The number of carbonyl (C=O) groups is 1. The van der Waals surface area contributed by atoms with E-state index in [0.29, 0.717) is 11.7 Å². The Hall–Kier alpha value is -1.76. The summed E-state index contributed by atoms with van der Waals surface area (Å²) in [6.45, 7) is 1.71. The van der Waals surface area contributed by atoms with Gasteiger partial charge in [0.2, 0.25) is 0 Å². The molecule has 4 nitrogen and oxygen atoms in total. The Balaban J connectivity index is 1.83. The van der Waals surface area contributed by atoms with Crippen molar-refractivity contribution in [1.29, 1.82) is 0 Å². The lowest BCUT2D eigenvalue weighted by molar-refractivity contribution is -0.113. The molecule has 8 heteroatoms. The molecule has 0 amide bonds. The molecule has 0 bridgehead atoms. The highest BCUT2D eigenvalue weighted by Gasteiger charge is 2.35. The minimum Gasteiger partial charge on any atom is -0.486 e. The molecule has 26 heavy (non-hydrogen) atoms. The van der Waals surface area contributed by atoms with Crippen LogP contribution in [0.5, 0.6) is 5.75 Å². The Kier molecular flexibility index (Phi) is 5.75. The predicted molar refractivity (Wildman–Crippen MR) is 95.0 cm³/mol. The fourth-order valence-electron chi connectivity index (χ4n) is 3.14. The summed E-state index contributed by atoms with van der Waals surface area (Å²) in [5.74, 6) is 0.201. The van der Waals surface area contributed by atoms with Crippen molar-refractivity contribution in [2.24, 2.45) is 0 Å². The van der Waals surface area contributed by atoms with E-state index in [1.807, 2.05) is 11.8 Å². The number of benzene rings is 1. The summed E-state index contributed by atoms with van der Waals surface area (Å²) in [5.41, 5.74) is 2.51. The summed E-state index contributed by atoms with van der Waals surface area (Å²) < 4.78 is 29.6. The topological polar surface area (TPSA) is 42.4 Å². The van der Waals surface area contributed by atoms with Gasteiger partial charge in [-0.1, -0.05) is 29.3 Å². The van der Waals surface area contributed by atoms with Crippen molar-refractivity contribution in [2.75, 3.05) is 6.61 Å². The zero-order valence-corrected chi connectivity index (χ0v) is 15.3. The van der Waals surface area contributed by atoms with Gasteiger partial charge >= 0.3 is 0 Å². The first-order valence-electron chi connectivity index (χ1n) is 7.97. The minimum absolute atomic E-state index is 0.157. The monoisotopic (exact) mass is 400 g/mol. The lowest BCUT2D eigenvalue weighted by Gasteiger charge is -2.28. The molecule has 1 aromatic carbocycles. The highest BCUT2D eigenvalue weighted by Crippen LogP contribution is 2.41. The number of halogens is 4. The summed E-state index contributed by atoms with van der Waals surface area (Å²) in [4.78, 5) is 17.7. The van der Waals surface area contributed by atoms with Gasteiger partial charge in [0.25, 0.3) is 6.43 Å². The Labute approximate surface area is 159 Å². The molecular formula is C18H16Cl2F2N2O2. The van der Waals surface area contributed by atoms with Crippen LogP contribution in [0.2, 0.25) is 10.2 Å². The second-order valence-corrected chi connectivity index (χ2v) is 6.76. The maximum Gasteiger partial charge on any atom is 0.272 e. The number of nitrogens with zero attached hydrogens (tertiary/aromatic N) is 2. The molecule has 0 saturated heterocycles. The van der Waals surface area contributed by atoms with Crippen LogP contribution in [-0.2, 0) is 11.3 Å². The van der Waals surface area contributed by atoms with Gasteiger partial charge in [-0.15, -0.1) is 0 Å². The summed E-state index contributed by atoms with van der Waals surface area (Å²) in [6.07, 6.45) is -0.113. The maximum absolute atomic E-state index is 12.3. The average Bonchev–Trinajstić information content (AvgIpc) is 2.99. The van der Waals surface area contributed by atoms with Gasteiger partial charge in [0.05, 0.1) is 11.1 Å². The van der Waals surface area contributed by atoms with Crippen LogP contribution in [0.1, 0.15) is 35.7 Å². The van der Waals surface area contributed by atoms with E-state index in [1.165, 1.54) is 0 Å². The van der Waals surface area contributed by atoms with Crippen molar-refractivity contribution >= 4 is 29.5 Å². The number of pyridine rings is 1. The second kappa shape index (κ2) is 7.86. The third kappa shape index (κ3) is 3.68. The van der Waals surface area contributed by atoms with Crippen LogP contribution in [0.15, 0.2) is 30.5 Å². The van der Waals surface area contributed by atoms with E-state index in [0.717, 1.165) is 23.0 Å². The van der Waals surface area contributed by atoms with Gasteiger partial charge in [-0.2, -0.15) is 0 Å². The van der Waals surface area contributed by atoms with Crippen LogP contribution in [0.3, 0.4) is 0 Å². The number of ether oxygens (including phenoxy) is 1. The third-order valence-electron chi connectivity index (χ3n) is 4.49. The summed E-state index contributed by atoms with van der Waals surface area (Å²) >= 11 is 12.3. The van der Waals surface area contributed by atoms with E-state index in [2.05, 4.69) is 4.98 Å². The molecule has 1 aliphatic heterocycles. The molecular weight excluding hydrogens is 385 g/mol. The number of aldehydes is 1. The molecule has 0 fully saturated rings. The number of hydrogen-bond acceptors (Lipinski definition) is 4. The summed E-state index contributed by atoms with van der Waals surface area (Å²) in [6, 6.07) is 6.18. The molecule has 2 atom stereocenters. The minimum atomic E-state index is -2.57. The molecule has 2 aromatic rings. The van der Waals surface area contributed by atoms with Gasteiger partial charge in [-0.3, -0.25) is 4.90 Å². The highest BCUT2D eigenvalue weighted by atomic mass is 35.5. The van der Waals surface area contributed by atoms with E-state index in [9.17, 15) is 13.6 Å². The Bertz CT molecular complexity index is 820. The van der Waals surface area contributed by atoms with Crippen molar-refractivity contribution in [3.05, 3.63) is 57.3 Å². The van der Waals surface area contributed by atoms with E-state index in [-0.39, 0.29) is 16.8 Å². The van der Waals surface area contributed by atoms with Gasteiger partial charge in [0.1, 0.15) is 23.8 Å². The van der Waals surface area contributed by atoms with Gasteiger partial charge in [0, 0.05) is 24.3 Å². The van der Waals surface area contributed by atoms with Crippen LogP contribution in [-0.4, -0.2) is 29.2 Å². The van der Waals surface area contributed by atoms with Gasteiger partial charge < -0.3 is 9.53 Å². The van der Waals surface area contributed by atoms with Crippen LogP contribution < -0.4 is 4.74 Å². The number of fused-ring (bicyclic) bond motifs is 1. The van der Waals surface area contributed by atoms with Crippen LogP contribution in [0, 0.1) is 0 Å². The van der Waals surface area contributed by atoms with Gasteiger partial charge in [0.15, 0.2) is 0 Å². The van der Waals surface area contributed by atoms with Crippen molar-refractivity contribution in [2.45, 2.75) is 32.0 Å². The standard InChI is InChI=1S/C18H16Cl2F2N2O2/c1-10(11-2-3-16(14(19)6-11)26-9-17(21)22)24-7-13-12(15(24)8-25)4-5-23-18(13)20/h2-6,8,10,15,17H,7,9H2,1H3. The predicted octanol–water partition coefficient (Wildman–Crippen LogP) is 4.85. The van der Waals surface area contributed by atoms with E-state index >= 15 is 0 Å². The fourth-order valence-corrected chi connectivity index (χ4v) is 3.61. The van der Waals surface area contributed by atoms with E-state index < -0.39 is 19.1 Å². The zero-order chi connectivity index (χ0) is 18.8. The molecule has 0 saturated carbocycles. The Morgan fingerprint density at radius 2 is 2.15 bits per heavy atom. The van der Waals surface area contributed by atoms with Crippen molar-refractivity contribution in [3.63, 3.8) is 0 Å². The SMILES string of the molecule is CC(c1ccc(OCC(F)F)c(Cl)c1)N1Cc2c(ccnc2Cl)C1C=O. The molecule has 0 aliphatic carbocycles. The fraction of sp³-hybridized carbons (Fsp3) is 0.333. The first-order valence-corrected chi connectivity index (χ1v) is 8.72. The molecule has 0 N–H and O–H groups in total. The first-order chi connectivity index (χ1) is 12.4. The lowest BCUT2D eigenvalue weighted by Crippen LogP contribution is -2.26. The number of rotatable bonds is 6. The molecule has 2 unspecified atom stereocenters. The molecule has 2 heterocycles. The van der Waals surface area contributed by atoms with Crippen LogP contribution in [0.4, 0.5) is 8.78 Å². The number of hydrogen-bond donors (Lipinski definition) is 0. The smallest absolute Gasteiger partial charge is 0.272 e. The largest absolute Gasteiger partial charge is 0.486 e. The van der Waals surface area contributed by atoms with Crippen molar-refractivity contribution in [1.82, 2.24) is 9.88 Å². The third-order valence-corrected chi connectivity index (χ3v) is 5.11. The quantitative estimate of drug-likeness (QED) is 0.513. The molecule has 0 spiro atoms. The van der Waals surface area contributed by atoms with Crippen LogP contribution >= 0.6 is 23.2 Å². The molecule has 138 valence electrons. The number of alkyl halides is 2. The Morgan fingerprint density at radius 3 is 2.81 bits per heavy atom. The highest BCUT2D eigenvalue weighted by molar-refractivity contribution is 6.32. The molecule has 3 rings (SSSR count). The van der Waals surface area contributed by atoms with Crippen LogP contribution in [0.25, 0.3) is 0 Å². The average molecular weight is 401 g/mol. The first kappa shape index (κ1) is 19.0. The second-order valence-electron chi connectivity index (χ2n) is 5.99. The maximum atomic E-state index is 12.3. The number of aromatic nitrogens is 1. The zero-order valence-electron chi connectivity index (χ0n) is 13.8. The van der Waals surface area contributed by atoms with E-state index in [1.54, 1.807) is 30.5 Å². The van der Waals surface area contributed by atoms with Gasteiger partial charge in [-0.05, 0) is 36.2 Å². The number of carbonyl (C=O) groups excluding carboxylic acids is 1. The summed E-state index contributed by atoms with van der Waals surface area (Å²) in [7, 11) is 0. The van der Waals surface area contributed by atoms with Crippen molar-refractivity contribution in [3.8, 4) is 5.75 Å².